The molecule has 96 valence electrons. The molecular weight excluding hydrogens is 222 g/mol. The normalized spacial score (nSPS) is 13.1. The molecule has 1 aromatic carbocycles. The van der Waals surface area contributed by atoms with E-state index in [0.717, 1.165) is 19.0 Å². The maximum atomic E-state index is 13.4. The van der Waals surface area contributed by atoms with Gasteiger partial charge in [-0.2, -0.15) is 0 Å². The second kappa shape index (κ2) is 6.67. The third-order valence-corrected chi connectivity index (χ3v) is 2.86. The molecule has 0 spiro atoms. The smallest absolute Gasteiger partial charge is 0.130 e. The zero-order valence-electron chi connectivity index (χ0n) is 10.4. The molecule has 0 bridgehead atoms. The SMILES string of the molecule is CC(CN)CCN(C)Cc1ccc(F)cc1F. The van der Waals surface area contributed by atoms with Crippen LogP contribution in [0.2, 0.25) is 0 Å². The van der Waals surface area contributed by atoms with Crippen molar-refractivity contribution in [1.29, 1.82) is 0 Å². The molecule has 1 aromatic rings. The molecule has 0 radical (unpaired) electrons. The standard InChI is InChI=1S/C13H20F2N2/c1-10(8-16)5-6-17(2)9-11-3-4-12(14)7-13(11)15/h3-4,7,10H,5-6,8-9,16H2,1-2H3. The Morgan fingerprint density at radius 2 is 2.06 bits per heavy atom. The Kier molecular flexibility index (Phi) is 5.51. The largest absolute Gasteiger partial charge is 0.330 e. The summed E-state index contributed by atoms with van der Waals surface area (Å²) in [6, 6.07) is 3.70. The van der Waals surface area contributed by atoms with Gasteiger partial charge >= 0.3 is 0 Å². The van der Waals surface area contributed by atoms with Crippen molar-refractivity contribution in [2.24, 2.45) is 11.7 Å². The van der Waals surface area contributed by atoms with Crippen molar-refractivity contribution in [3.05, 3.63) is 35.4 Å². The predicted octanol–water partition coefficient (Wildman–Crippen LogP) is 2.38. The molecule has 0 saturated carbocycles. The highest BCUT2D eigenvalue weighted by Crippen LogP contribution is 2.12. The van der Waals surface area contributed by atoms with E-state index in [9.17, 15) is 8.78 Å². The zero-order valence-corrected chi connectivity index (χ0v) is 10.4. The molecule has 17 heavy (non-hydrogen) atoms. The number of hydrogen-bond acceptors (Lipinski definition) is 2. The fourth-order valence-corrected chi connectivity index (χ4v) is 1.58. The van der Waals surface area contributed by atoms with Gasteiger partial charge in [-0.1, -0.05) is 13.0 Å². The van der Waals surface area contributed by atoms with Gasteiger partial charge in [0, 0.05) is 18.2 Å². The van der Waals surface area contributed by atoms with Crippen LogP contribution in [0.3, 0.4) is 0 Å². The molecule has 0 aliphatic heterocycles. The van der Waals surface area contributed by atoms with E-state index >= 15 is 0 Å². The fourth-order valence-electron chi connectivity index (χ4n) is 1.58. The second-order valence-electron chi connectivity index (χ2n) is 4.60. The van der Waals surface area contributed by atoms with E-state index in [1.807, 2.05) is 11.9 Å². The minimum absolute atomic E-state index is 0.468. The molecule has 0 heterocycles. The van der Waals surface area contributed by atoms with Crippen LogP contribution in [0, 0.1) is 17.6 Å². The molecule has 0 saturated heterocycles. The molecule has 0 aliphatic carbocycles. The molecule has 4 heteroatoms. The van der Waals surface area contributed by atoms with Gasteiger partial charge in [-0.15, -0.1) is 0 Å². The van der Waals surface area contributed by atoms with Crippen LogP contribution in [-0.4, -0.2) is 25.0 Å². The maximum absolute atomic E-state index is 13.4. The first-order valence-corrected chi connectivity index (χ1v) is 5.85. The van der Waals surface area contributed by atoms with Gasteiger partial charge in [-0.3, -0.25) is 0 Å². The van der Waals surface area contributed by atoms with E-state index in [1.54, 1.807) is 0 Å². The van der Waals surface area contributed by atoms with Gasteiger partial charge in [0.15, 0.2) is 0 Å². The van der Waals surface area contributed by atoms with Crippen LogP contribution in [-0.2, 0) is 6.54 Å². The predicted molar refractivity (Wildman–Crippen MR) is 65.5 cm³/mol. The Hall–Kier alpha value is -1.00. The van der Waals surface area contributed by atoms with Crippen LogP contribution in [0.1, 0.15) is 18.9 Å². The lowest BCUT2D eigenvalue weighted by atomic mass is 10.1. The van der Waals surface area contributed by atoms with Gasteiger partial charge in [0.1, 0.15) is 11.6 Å². The summed E-state index contributed by atoms with van der Waals surface area (Å²) >= 11 is 0. The first-order valence-electron chi connectivity index (χ1n) is 5.85. The van der Waals surface area contributed by atoms with Gasteiger partial charge < -0.3 is 10.6 Å². The Morgan fingerprint density at radius 1 is 1.35 bits per heavy atom. The molecule has 2 N–H and O–H groups in total. The number of nitrogens with zero attached hydrogens (tertiary/aromatic N) is 1. The van der Waals surface area contributed by atoms with Gasteiger partial charge in [0.05, 0.1) is 0 Å². The van der Waals surface area contributed by atoms with E-state index in [2.05, 4.69) is 6.92 Å². The Morgan fingerprint density at radius 3 is 2.65 bits per heavy atom. The van der Waals surface area contributed by atoms with Crippen molar-refractivity contribution in [3.63, 3.8) is 0 Å². The van der Waals surface area contributed by atoms with Gasteiger partial charge in [0.25, 0.3) is 0 Å². The van der Waals surface area contributed by atoms with Crippen molar-refractivity contribution in [2.75, 3.05) is 20.1 Å². The van der Waals surface area contributed by atoms with E-state index in [-0.39, 0.29) is 0 Å². The monoisotopic (exact) mass is 242 g/mol. The van der Waals surface area contributed by atoms with Crippen LogP contribution in [0.25, 0.3) is 0 Å². The van der Waals surface area contributed by atoms with E-state index in [0.29, 0.717) is 24.6 Å². The molecule has 0 aromatic heterocycles. The van der Waals surface area contributed by atoms with Crippen molar-refractivity contribution in [3.8, 4) is 0 Å². The first kappa shape index (κ1) is 14.1. The van der Waals surface area contributed by atoms with Crippen molar-refractivity contribution < 1.29 is 8.78 Å². The summed E-state index contributed by atoms with van der Waals surface area (Å²) in [4.78, 5) is 2.02. The van der Waals surface area contributed by atoms with Gasteiger partial charge in [0.2, 0.25) is 0 Å². The minimum atomic E-state index is -0.536. The lowest BCUT2D eigenvalue weighted by Gasteiger charge is -2.19. The molecule has 2 nitrogen and oxygen atoms in total. The number of rotatable bonds is 6. The van der Waals surface area contributed by atoms with Crippen molar-refractivity contribution in [2.45, 2.75) is 19.9 Å². The molecule has 0 fully saturated rings. The lowest BCUT2D eigenvalue weighted by molar-refractivity contribution is 0.295. The van der Waals surface area contributed by atoms with Crippen LogP contribution >= 0.6 is 0 Å². The fraction of sp³-hybridized carbons (Fsp3) is 0.538. The number of nitrogens with two attached hydrogens (primary N) is 1. The summed E-state index contributed by atoms with van der Waals surface area (Å²) < 4.78 is 26.1. The Bertz CT molecular complexity index is 355. The quantitative estimate of drug-likeness (QED) is 0.830. The van der Waals surface area contributed by atoms with Crippen LogP contribution in [0.4, 0.5) is 8.78 Å². The average Bonchev–Trinajstić information content (AvgIpc) is 2.29. The molecule has 1 atom stereocenters. The highest BCUT2D eigenvalue weighted by Gasteiger charge is 2.08. The molecule has 0 aliphatic rings. The Balaban J connectivity index is 2.47. The lowest BCUT2D eigenvalue weighted by Crippen LogP contribution is -2.23. The first-order chi connectivity index (χ1) is 8.02. The topological polar surface area (TPSA) is 29.3 Å². The van der Waals surface area contributed by atoms with E-state index in [1.165, 1.54) is 12.1 Å². The van der Waals surface area contributed by atoms with Gasteiger partial charge in [-0.25, -0.2) is 8.78 Å². The molecule has 0 amide bonds. The molecule has 1 rings (SSSR count). The second-order valence-corrected chi connectivity index (χ2v) is 4.60. The van der Waals surface area contributed by atoms with Crippen LogP contribution in [0.5, 0.6) is 0 Å². The summed E-state index contributed by atoms with van der Waals surface area (Å²) in [7, 11) is 1.92. The van der Waals surface area contributed by atoms with Crippen molar-refractivity contribution in [1.82, 2.24) is 4.90 Å². The number of hydrogen-bond donors (Lipinski definition) is 1. The summed E-state index contributed by atoms with van der Waals surface area (Å²) in [5.74, 6) is -0.551. The zero-order chi connectivity index (χ0) is 12.8. The van der Waals surface area contributed by atoms with Crippen molar-refractivity contribution >= 4 is 0 Å². The third-order valence-electron chi connectivity index (χ3n) is 2.86. The summed E-state index contributed by atoms with van der Waals surface area (Å²) in [5, 5.41) is 0. The summed E-state index contributed by atoms with van der Waals surface area (Å²) in [6.07, 6.45) is 0.982. The summed E-state index contributed by atoms with van der Waals surface area (Å²) in [5.41, 5.74) is 6.05. The number of benzene rings is 1. The maximum Gasteiger partial charge on any atom is 0.130 e. The molecular formula is C13H20F2N2. The summed E-state index contributed by atoms with van der Waals surface area (Å²) in [6.45, 7) is 4.10. The minimum Gasteiger partial charge on any atom is -0.330 e. The molecule has 1 unspecified atom stereocenters. The van der Waals surface area contributed by atoms with Crippen LogP contribution < -0.4 is 5.73 Å². The average molecular weight is 242 g/mol. The van der Waals surface area contributed by atoms with Crippen LogP contribution in [0.15, 0.2) is 18.2 Å². The highest BCUT2D eigenvalue weighted by molar-refractivity contribution is 5.18. The van der Waals surface area contributed by atoms with Gasteiger partial charge in [-0.05, 0) is 38.5 Å². The third kappa shape index (κ3) is 4.79. The van der Waals surface area contributed by atoms with E-state index < -0.39 is 11.6 Å². The highest BCUT2D eigenvalue weighted by atomic mass is 19.1. The number of halogens is 2. The van der Waals surface area contributed by atoms with E-state index in [4.69, 9.17) is 5.73 Å². The Labute approximate surface area is 101 Å².